The first kappa shape index (κ1) is 14.8. The minimum Gasteiger partial charge on any atom is -0.481 e. The Bertz CT molecular complexity index is 328. The minimum atomic E-state index is -0.671. The molecule has 19 heavy (non-hydrogen) atoms. The highest BCUT2D eigenvalue weighted by molar-refractivity contribution is 5.67. The number of piperidine rings is 1. The zero-order chi connectivity index (χ0) is 14.0. The van der Waals surface area contributed by atoms with E-state index in [1.807, 2.05) is 0 Å². The van der Waals surface area contributed by atoms with Crippen molar-refractivity contribution in [2.24, 2.45) is 17.6 Å². The Morgan fingerprint density at radius 3 is 2.53 bits per heavy atom. The second kappa shape index (κ2) is 5.80. The summed E-state index contributed by atoms with van der Waals surface area (Å²) in [6.07, 6.45) is 4.94. The Morgan fingerprint density at radius 1 is 1.32 bits per heavy atom. The summed E-state index contributed by atoms with van der Waals surface area (Å²) in [5.41, 5.74) is 6.25. The highest BCUT2D eigenvalue weighted by Gasteiger charge is 2.48. The Kier molecular flexibility index (Phi) is 4.51. The molecule has 1 heterocycles. The quantitative estimate of drug-likeness (QED) is 0.749. The predicted molar refractivity (Wildman–Crippen MR) is 75.7 cm³/mol. The lowest BCUT2D eigenvalue weighted by Crippen LogP contribution is -2.68. The van der Waals surface area contributed by atoms with E-state index in [-0.39, 0.29) is 12.0 Å². The van der Waals surface area contributed by atoms with Gasteiger partial charge in [-0.25, -0.2) is 0 Å². The third kappa shape index (κ3) is 3.29. The molecule has 0 bridgehead atoms. The summed E-state index contributed by atoms with van der Waals surface area (Å²) in [7, 11) is 0. The van der Waals surface area contributed by atoms with E-state index < -0.39 is 5.97 Å². The molecule has 4 nitrogen and oxygen atoms in total. The molecule has 2 rings (SSSR count). The van der Waals surface area contributed by atoms with Crippen molar-refractivity contribution < 1.29 is 14.4 Å². The number of carbonyl (C=O) groups is 1. The molecule has 110 valence electrons. The molecule has 0 radical (unpaired) electrons. The van der Waals surface area contributed by atoms with Gasteiger partial charge in [0, 0.05) is 18.8 Å². The Hall–Kier alpha value is -0.610. The summed E-state index contributed by atoms with van der Waals surface area (Å²) < 4.78 is 1.10. The van der Waals surface area contributed by atoms with Crippen LogP contribution < -0.4 is 5.73 Å². The van der Waals surface area contributed by atoms with Gasteiger partial charge in [-0.1, -0.05) is 13.8 Å². The van der Waals surface area contributed by atoms with Crippen LogP contribution >= 0.6 is 0 Å². The van der Waals surface area contributed by atoms with Gasteiger partial charge in [-0.3, -0.25) is 4.79 Å². The van der Waals surface area contributed by atoms with Crippen LogP contribution in [0.3, 0.4) is 0 Å². The van der Waals surface area contributed by atoms with Crippen LogP contribution in [0.1, 0.15) is 46.0 Å². The number of hydrogen-bond acceptors (Lipinski definition) is 2. The monoisotopic (exact) mass is 269 g/mol. The van der Waals surface area contributed by atoms with Crippen molar-refractivity contribution in [3.05, 3.63) is 0 Å². The fraction of sp³-hybridized carbons (Fsp3) is 0.933. The molecule has 1 aliphatic heterocycles. The van der Waals surface area contributed by atoms with Crippen molar-refractivity contribution in [2.45, 2.75) is 58.0 Å². The van der Waals surface area contributed by atoms with E-state index in [2.05, 4.69) is 13.8 Å². The number of hydrogen-bond donors (Lipinski definition) is 2. The smallest absolute Gasteiger partial charge is 0.303 e. The lowest BCUT2D eigenvalue weighted by molar-refractivity contribution is -0.965. The van der Waals surface area contributed by atoms with Crippen LogP contribution in [0, 0.1) is 11.8 Å². The number of nitrogens with two attached hydrogens (primary N) is 1. The average molecular weight is 269 g/mol. The molecule has 0 spiro atoms. The van der Waals surface area contributed by atoms with Crippen LogP contribution in [0.2, 0.25) is 0 Å². The topological polar surface area (TPSA) is 63.3 Å². The van der Waals surface area contributed by atoms with Gasteiger partial charge in [0.1, 0.15) is 0 Å². The maximum atomic E-state index is 11.0. The molecule has 4 heteroatoms. The molecule has 2 aliphatic rings. The van der Waals surface area contributed by atoms with Gasteiger partial charge >= 0.3 is 5.97 Å². The molecule has 1 saturated carbocycles. The molecule has 3 unspecified atom stereocenters. The summed E-state index contributed by atoms with van der Waals surface area (Å²) in [5, 5.41) is 9.06. The van der Waals surface area contributed by atoms with E-state index >= 15 is 0 Å². The first-order valence-electron chi connectivity index (χ1n) is 7.78. The Balaban J connectivity index is 2.09. The van der Waals surface area contributed by atoms with Crippen LogP contribution in [0.5, 0.6) is 0 Å². The van der Waals surface area contributed by atoms with Crippen molar-refractivity contribution in [3.8, 4) is 0 Å². The van der Waals surface area contributed by atoms with E-state index in [4.69, 9.17) is 10.8 Å². The van der Waals surface area contributed by atoms with Crippen molar-refractivity contribution in [2.75, 3.05) is 19.6 Å². The van der Waals surface area contributed by atoms with Crippen LogP contribution in [0.4, 0.5) is 0 Å². The number of aliphatic carboxylic acids is 1. The highest BCUT2D eigenvalue weighted by Crippen LogP contribution is 2.40. The van der Waals surface area contributed by atoms with Crippen LogP contribution in [-0.2, 0) is 4.79 Å². The Labute approximate surface area is 116 Å². The van der Waals surface area contributed by atoms with E-state index in [9.17, 15) is 4.79 Å². The molecule has 0 amide bonds. The van der Waals surface area contributed by atoms with Gasteiger partial charge in [0.2, 0.25) is 0 Å². The zero-order valence-corrected chi connectivity index (χ0v) is 12.3. The normalized spacial score (nSPS) is 42.7. The fourth-order valence-corrected chi connectivity index (χ4v) is 4.44. The number of nitrogens with zero attached hydrogens (tertiary/aromatic N) is 1. The van der Waals surface area contributed by atoms with Gasteiger partial charge in [-0.15, -0.1) is 0 Å². The lowest BCUT2D eigenvalue weighted by atomic mass is 9.76. The molecule has 1 aliphatic carbocycles. The van der Waals surface area contributed by atoms with Gasteiger partial charge in [0.25, 0.3) is 0 Å². The standard InChI is InChI=1S/C15H28N2O2/c1-3-4-17(14-5-11(2)6-14)9-12(8-15(18)19)7-13(16)10-17/h11-14H,3-10,16H2,1-2H3/p+1. The molecule has 3 N–H and O–H groups in total. The number of likely N-dealkylation sites (tertiary alicyclic amines) is 1. The van der Waals surface area contributed by atoms with Crippen molar-refractivity contribution in [1.82, 2.24) is 0 Å². The van der Waals surface area contributed by atoms with Gasteiger partial charge in [-0.2, -0.15) is 0 Å². The number of rotatable bonds is 5. The number of quaternary nitrogens is 1. The molecule has 0 aromatic rings. The lowest BCUT2D eigenvalue weighted by Gasteiger charge is -2.55. The van der Waals surface area contributed by atoms with E-state index in [0.717, 1.165) is 42.4 Å². The predicted octanol–water partition coefficient (Wildman–Crippen LogP) is 1.83. The third-order valence-corrected chi connectivity index (χ3v) is 5.11. The zero-order valence-electron chi connectivity index (χ0n) is 12.3. The molecule has 3 atom stereocenters. The maximum absolute atomic E-state index is 11.0. The largest absolute Gasteiger partial charge is 0.481 e. The van der Waals surface area contributed by atoms with Crippen molar-refractivity contribution >= 4 is 5.97 Å². The third-order valence-electron chi connectivity index (χ3n) is 5.11. The summed E-state index contributed by atoms with van der Waals surface area (Å²) >= 11 is 0. The summed E-state index contributed by atoms with van der Waals surface area (Å²) in [5.74, 6) is 0.437. The first-order valence-corrected chi connectivity index (χ1v) is 7.78. The molecule has 2 fully saturated rings. The van der Waals surface area contributed by atoms with Crippen LogP contribution in [-0.4, -0.2) is 47.3 Å². The van der Waals surface area contributed by atoms with E-state index in [0.29, 0.717) is 6.42 Å². The summed E-state index contributed by atoms with van der Waals surface area (Å²) in [6, 6.07) is 0.915. The van der Waals surface area contributed by atoms with E-state index in [1.54, 1.807) is 0 Å². The molecule has 0 aromatic carbocycles. The Morgan fingerprint density at radius 2 is 2.00 bits per heavy atom. The molecule has 0 aromatic heterocycles. The summed E-state index contributed by atoms with van der Waals surface area (Å²) in [4.78, 5) is 11.0. The van der Waals surface area contributed by atoms with Crippen molar-refractivity contribution in [1.29, 1.82) is 0 Å². The number of carboxylic acid groups (broad SMARTS) is 1. The molecule has 1 saturated heterocycles. The highest BCUT2D eigenvalue weighted by atomic mass is 16.4. The van der Waals surface area contributed by atoms with Gasteiger partial charge in [-0.05, 0) is 18.8 Å². The molecular weight excluding hydrogens is 240 g/mol. The second-order valence-corrected chi connectivity index (χ2v) is 7.00. The van der Waals surface area contributed by atoms with Crippen LogP contribution in [0.15, 0.2) is 0 Å². The molecular formula is C15H29N2O2+. The fourth-order valence-electron chi connectivity index (χ4n) is 4.44. The SMILES string of the molecule is CCC[N+]1(C2CC(C)C2)CC(N)CC(CC(=O)O)C1. The van der Waals surface area contributed by atoms with Gasteiger partial charge in [0.15, 0.2) is 0 Å². The first-order chi connectivity index (χ1) is 8.95. The van der Waals surface area contributed by atoms with Gasteiger partial charge < -0.3 is 15.3 Å². The second-order valence-electron chi connectivity index (χ2n) is 7.00. The average Bonchev–Trinajstić information content (AvgIpc) is 2.23. The van der Waals surface area contributed by atoms with Crippen molar-refractivity contribution in [3.63, 3.8) is 0 Å². The van der Waals surface area contributed by atoms with Crippen LogP contribution in [0.25, 0.3) is 0 Å². The maximum Gasteiger partial charge on any atom is 0.303 e. The summed E-state index contributed by atoms with van der Waals surface area (Å²) in [6.45, 7) is 7.81. The number of carboxylic acids is 1. The van der Waals surface area contributed by atoms with Gasteiger partial charge in [0.05, 0.1) is 38.1 Å². The minimum absolute atomic E-state index is 0.181. The van der Waals surface area contributed by atoms with E-state index in [1.165, 1.54) is 19.4 Å².